The Morgan fingerprint density at radius 2 is 1.77 bits per heavy atom. The minimum absolute atomic E-state index is 0.0185. The lowest BCUT2D eigenvalue weighted by atomic mass is 10.2. The Hall–Kier alpha value is -2.71. The summed E-state index contributed by atoms with van der Waals surface area (Å²) in [5.41, 5.74) is 0.805. The van der Waals surface area contributed by atoms with Crippen LogP contribution in [0.3, 0.4) is 0 Å². The van der Waals surface area contributed by atoms with E-state index in [0.717, 1.165) is 5.56 Å². The van der Waals surface area contributed by atoms with Gasteiger partial charge in [-0.05, 0) is 31.2 Å². The first-order valence-electron chi connectivity index (χ1n) is 8.08. The molecule has 0 aliphatic heterocycles. The molecule has 2 aromatic carbocycles. The fourth-order valence-corrected chi connectivity index (χ4v) is 3.47. The van der Waals surface area contributed by atoms with Gasteiger partial charge >= 0.3 is 0 Å². The van der Waals surface area contributed by atoms with E-state index in [0.29, 0.717) is 18.2 Å². The summed E-state index contributed by atoms with van der Waals surface area (Å²) in [6.07, 6.45) is 0. The van der Waals surface area contributed by atoms with E-state index in [2.05, 4.69) is 10.1 Å². The zero-order valence-corrected chi connectivity index (χ0v) is 15.3. The minimum Gasteiger partial charge on any atom is -0.494 e. The van der Waals surface area contributed by atoms with Crippen LogP contribution in [-0.2, 0) is 16.6 Å². The molecule has 0 fully saturated rings. The van der Waals surface area contributed by atoms with Crippen molar-refractivity contribution in [3.05, 3.63) is 60.5 Å². The molecule has 0 amide bonds. The first-order valence-corrected chi connectivity index (χ1v) is 9.52. The van der Waals surface area contributed by atoms with Gasteiger partial charge < -0.3 is 9.26 Å². The van der Waals surface area contributed by atoms with E-state index in [1.54, 1.807) is 12.1 Å². The van der Waals surface area contributed by atoms with E-state index in [1.165, 1.54) is 23.5 Å². The van der Waals surface area contributed by atoms with E-state index in [-0.39, 0.29) is 17.3 Å². The Labute approximate surface area is 152 Å². The summed E-state index contributed by atoms with van der Waals surface area (Å²) in [6.45, 7) is 2.37. The molecule has 0 saturated carbocycles. The van der Waals surface area contributed by atoms with Crippen LogP contribution in [0.4, 0.5) is 0 Å². The zero-order chi connectivity index (χ0) is 18.6. The molecule has 0 aliphatic rings. The number of hydrogen-bond donors (Lipinski definition) is 0. The molecule has 0 bridgehead atoms. The Bertz CT molecular complexity index is 954. The van der Waals surface area contributed by atoms with Crippen LogP contribution in [0.1, 0.15) is 12.8 Å². The topological polar surface area (TPSA) is 85.5 Å². The predicted octanol–water partition coefficient (Wildman–Crippen LogP) is 2.96. The molecule has 136 valence electrons. The average Bonchev–Trinajstić information content (AvgIpc) is 3.12. The molecular weight excluding hydrogens is 354 g/mol. The molecule has 3 aromatic rings. The summed E-state index contributed by atoms with van der Waals surface area (Å²) in [7, 11) is -2.20. The highest BCUT2D eigenvalue weighted by Gasteiger charge is 2.23. The molecule has 0 saturated heterocycles. The van der Waals surface area contributed by atoms with Crippen molar-refractivity contribution in [2.24, 2.45) is 0 Å². The van der Waals surface area contributed by atoms with Gasteiger partial charge in [-0.1, -0.05) is 35.5 Å². The van der Waals surface area contributed by atoms with Crippen molar-refractivity contribution in [1.82, 2.24) is 14.4 Å². The Kier molecular flexibility index (Phi) is 5.34. The lowest BCUT2D eigenvalue weighted by molar-refractivity contribution is 0.336. The van der Waals surface area contributed by atoms with E-state index in [9.17, 15) is 8.42 Å². The molecule has 1 aromatic heterocycles. The fourth-order valence-electron chi connectivity index (χ4n) is 2.35. The maximum absolute atomic E-state index is 12.7. The largest absolute Gasteiger partial charge is 0.494 e. The number of nitrogens with zero attached hydrogens (tertiary/aromatic N) is 3. The smallest absolute Gasteiger partial charge is 0.243 e. The third-order valence-electron chi connectivity index (χ3n) is 3.70. The normalized spacial score (nSPS) is 11.7. The third-order valence-corrected chi connectivity index (χ3v) is 5.52. The molecule has 1 heterocycles. The number of hydrogen-bond acceptors (Lipinski definition) is 6. The van der Waals surface area contributed by atoms with Crippen LogP contribution in [0.2, 0.25) is 0 Å². The number of rotatable bonds is 7. The van der Waals surface area contributed by atoms with Crippen LogP contribution in [0, 0.1) is 0 Å². The zero-order valence-electron chi connectivity index (χ0n) is 14.5. The summed E-state index contributed by atoms with van der Waals surface area (Å²) in [5.74, 6) is 1.27. The van der Waals surface area contributed by atoms with E-state index in [4.69, 9.17) is 9.26 Å². The van der Waals surface area contributed by atoms with Gasteiger partial charge in [0.15, 0.2) is 0 Å². The molecule has 0 radical (unpaired) electrons. The molecule has 26 heavy (non-hydrogen) atoms. The van der Waals surface area contributed by atoms with Gasteiger partial charge in [0.05, 0.1) is 18.0 Å². The van der Waals surface area contributed by atoms with Gasteiger partial charge in [-0.25, -0.2) is 8.42 Å². The third kappa shape index (κ3) is 3.92. The SMILES string of the molecule is CCOc1ccc(S(=O)(=O)N(C)Cc2nc(-c3ccccc3)no2)cc1. The van der Waals surface area contributed by atoms with Crippen LogP contribution in [0.25, 0.3) is 11.4 Å². The average molecular weight is 373 g/mol. The second-order valence-electron chi connectivity index (χ2n) is 5.54. The summed E-state index contributed by atoms with van der Waals surface area (Å²) < 4.78 is 37.0. The molecule has 0 spiro atoms. The maximum atomic E-state index is 12.7. The van der Waals surface area contributed by atoms with Crippen LogP contribution in [-0.4, -0.2) is 36.5 Å². The lowest BCUT2D eigenvalue weighted by Crippen LogP contribution is -2.26. The van der Waals surface area contributed by atoms with Gasteiger partial charge in [0.2, 0.25) is 21.7 Å². The highest BCUT2D eigenvalue weighted by molar-refractivity contribution is 7.89. The first kappa shape index (κ1) is 18.1. The summed E-state index contributed by atoms with van der Waals surface area (Å²) in [6, 6.07) is 15.6. The van der Waals surface area contributed by atoms with Gasteiger partial charge in [0.25, 0.3) is 0 Å². The van der Waals surface area contributed by atoms with Crippen LogP contribution in [0.15, 0.2) is 64.0 Å². The van der Waals surface area contributed by atoms with Gasteiger partial charge in [0.1, 0.15) is 5.75 Å². The standard InChI is InChI=1S/C18H19N3O4S/c1-3-24-15-9-11-16(12-10-15)26(22,23)21(2)13-17-19-18(20-25-17)14-7-5-4-6-8-14/h4-12H,3,13H2,1-2H3. The van der Waals surface area contributed by atoms with E-state index >= 15 is 0 Å². The Morgan fingerprint density at radius 3 is 2.42 bits per heavy atom. The molecule has 0 aliphatic carbocycles. The lowest BCUT2D eigenvalue weighted by Gasteiger charge is -2.15. The predicted molar refractivity (Wildman–Crippen MR) is 96.0 cm³/mol. The monoisotopic (exact) mass is 373 g/mol. The number of sulfonamides is 1. The highest BCUT2D eigenvalue weighted by Crippen LogP contribution is 2.21. The first-order chi connectivity index (χ1) is 12.5. The van der Waals surface area contributed by atoms with E-state index in [1.807, 2.05) is 37.3 Å². The molecular formula is C18H19N3O4S. The van der Waals surface area contributed by atoms with Crippen molar-refractivity contribution in [2.75, 3.05) is 13.7 Å². The quantitative estimate of drug-likeness (QED) is 0.633. The van der Waals surface area contributed by atoms with Gasteiger partial charge in [-0.2, -0.15) is 9.29 Å². The van der Waals surface area contributed by atoms with Gasteiger partial charge in [0, 0.05) is 12.6 Å². The van der Waals surface area contributed by atoms with Crippen molar-refractivity contribution in [1.29, 1.82) is 0 Å². The Morgan fingerprint density at radius 1 is 1.08 bits per heavy atom. The van der Waals surface area contributed by atoms with Crippen molar-refractivity contribution in [3.63, 3.8) is 0 Å². The Balaban J connectivity index is 1.74. The van der Waals surface area contributed by atoms with Crippen molar-refractivity contribution in [2.45, 2.75) is 18.4 Å². The summed E-state index contributed by atoms with van der Waals surface area (Å²) in [4.78, 5) is 4.43. The molecule has 0 N–H and O–H groups in total. The second kappa shape index (κ2) is 7.67. The van der Waals surface area contributed by atoms with Crippen molar-refractivity contribution < 1.29 is 17.7 Å². The number of aromatic nitrogens is 2. The molecule has 3 rings (SSSR count). The van der Waals surface area contributed by atoms with Gasteiger partial charge in [-0.15, -0.1) is 0 Å². The van der Waals surface area contributed by atoms with Crippen LogP contribution >= 0.6 is 0 Å². The minimum atomic E-state index is -3.67. The van der Waals surface area contributed by atoms with E-state index < -0.39 is 10.0 Å². The maximum Gasteiger partial charge on any atom is 0.243 e. The van der Waals surface area contributed by atoms with Crippen molar-refractivity contribution >= 4 is 10.0 Å². The number of benzene rings is 2. The fraction of sp³-hybridized carbons (Fsp3) is 0.222. The van der Waals surface area contributed by atoms with Crippen LogP contribution in [0.5, 0.6) is 5.75 Å². The summed E-state index contributed by atoms with van der Waals surface area (Å²) in [5, 5.41) is 3.90. The molecule has 0 unspecified atom stereocenters. The van der Waals surface area contributed by atoms with Gasteiger partial charge in [-0.3, -0.25) is 0 Å². The molecule has 7 nitrogen and oxygen atoms in total. The van der Waals surface area contributed by atoms with Crippen LogP contribution < -0.4 is 4.74 Å². The highest BCUT2D eigenvalue weighted by atomic mass is 32.2. The van der Waals surface area contributed by atoms with Crippen molar-refractivity contribution in [3.8, 4) is 17.1 Å². The second-order valence-corrected chi connectivity index (χ2v) is 7.59. The molecule has 8 heteroatoms. The summed E-state index contributed by atoms with van der Waals surface area (Å²) >= 11 is 0. The number of ether oxygens (including phenoxy) is 1. The molecule has 0 atom stereocenters.